The normalized spacial score (nSPS) is 22.5. The number of aliphatic hydroxyl groups is 1. The van der Waals surface area contributed by atoms with E-state index in [-0.39, 0.29) is 11.3 Å². The van der Waals surface area contributed by atoms with E-state index in [2.05, 4.69) is 15.6 Å². The number of rotatable bonds is 6. The van der Waals surface area contributed by atoms with Crippen molar-refractivity contribution in [3.8, 4) is 0 Å². The van der Waals surface area contributed by atoms with E-state index in [0.717, 1.165) is 32.2 Å². The molecule has 7 heteroatoms. The fourth-order valence-corrected chi connectivity index (χ4v) is 3.72. The number of carbonyl (C=O) groups is 1. The summed E-state index contributed by atoms with van der Waals surface area (Å²) in [4.78, 5) is 18.9. The van der Waals surface area contributed by atoms with Gasteiger partial charge in [0.25, 0.3) is 0 Å². The Morgan fingerprint density at radius 2 is 1.80 bits per heavy atom. The standard InChI is InChI=1S/C18H34N4O3/c1-4-19-16(21-14-18(24)9-11-25-12-10-18)20-13-17(7-5-6-8-17)15(23)22(2)3/h24H,4-14H2,1-3H3,(H2,19,20,21). The van der Waals surface area contributed by atoms with E-state index < -0.39 is 5.60 Å². The zero-order chi connectivity index (χ0) is 18.3. The van der Waals surface area contributed by atoms with Crippen molar-refractivity contribution in [2.45, 2.75) is 51.0 Å². The molecule has 0 atom stereocenters. The Morgan fingerprint density at radius 3 is 2.36 bits per heavy atom. The minimum absolute atomic E-state index is 0.191. The van der Waals surface area contributed by atoms with E-state index in [0.29, 0.717) is 45.1 Å². The summed E-state index contributed by atoms with van der Waals surface area (Å²) < 4.78 is 5.31. The van der Waals surface area contributed by atoms with Gasteiger partial charge < -0.3 is 25.4 Å². The quantitative estimate of drug-likeness (QED) is 0.484. The molecule has 7 nitrogen and oxygen atoms in total. The minimum Gasteiger partial charge on any atom is -0.388 e. The third-order valence-corrected chi connectivity index (χ3v) is 5.31. The second-order valence-electron chi connectivity index (χ2n) is 7.57. The molecule has 1 aliphatic heterocycles. The fraction of sp³-hybridized carbons (Fsp3) is 0.889. The van der Waals surface area contributed by atoms with E-state index >= 15 is 0 Å². The van der Waals surface area contributed by atoms with Crippen LogP contribution in [0.4, 0.5) is 0 Å². The maximum absolute atomic E-state index is 12.7. The van der Waals surface area contributed by atoms with Gasteiger partial charge in [-0.3, -0.25) is 9.79 Å². The first-order valence-electron chi connectivity index (χ1n) is 9.45. The third kappa shape index (κ3) is 5.31. The lowest BCUT2D eigenvalue weighted by Crippen LogP contribution is -2.49. The lowest BCUT2D eigenvalue weighted by Gasteiger charge is -2.32. The third-order valence-electron chi connectivity index (χ3n) is 5.31. The monoisotopic (exact) mass is 354 g/mol. The second-order valence-corrected chi connectivity index (χ2v) is 7.57. The molecule has 1 heterocycles. The largest absolute Gasteiger partial charge is 0.388 e. The molecule has 0 aromatic rings. The fourth-order valence-electron chi connectivity index (χ4n) is 3.72. The number of ether oxygens (including phenoxy) is 1. The number of hydrogen-bond donors (Lipinski definition) is 3. The van der Waals surface area contributed by atoms with Crippen LogP contribution in [0.3, 0.4) is 0 Å². The molecule has 2 aliphatic rings. The van der Waals surface area contributed by atoms with Gasteiger partial charge in [0.15, 0.2) is 5.96 Å². The van der Waals surface area contributed by atoms with Crippen LogP contribution in [0.2, 0.25) is 0 Å². The van der Waals surface area contributed by atoms with Crippen LogP contribution in [0.25, 0.3) is 0 Å². The average molecular weight is 354 g/mol. The Bertz CT molecular complexity index is 467. The number of carbonyl (C=O) groups excluding carboxylic acids is 1. The smallest absolute Gasteiger partial charge is 0.230 e. The summed E-state index contributed by atoms with van der Waals surface area (Å²) in [6, 6.07) is 0. The molecule has 1 amide bonds. The molecule has 2 fully saturated rings. The molecule has 2 rings (SSSR count). The van der Waals surface area contributed by atoms with Crippen LogP contribution < -0.4 is 10.6 Å². The lowest BCUT2D eigenvalue weighted by atomic mass is 9.84. The lowest BCUT2D eigenvalue weighted by molar-refractivity contribution is -0.138. The maximum atomic E-state index is 12.7. The summed E-state index contributed by atoms with van der Waals surface area (Å²) in [7, 11) is 3.64. The molecule has 144 valence electrons. The van der Waals surface area contributed by atoms with Crippen molar-refractivity contribution < 1.29 is 14.6 Å². The molecule has 3 N–H and O–H groups in total. The van der Waals surface area contributed by atoms with E-state index in [1.54, 1.807) is 4.90 Å². The van der Waals surface area contributed by atoms with E-state index in [4.69, 9.17) is 4.74 Å². The molecule has 1 aliphatic carbocycles. The van der Waals surface area contributed by atoms with Gasteiger partial charge in [-0.25, -0.2) is 0 Å². The van der Waals surface area contributed by atoms with Crippen molar-refractivity contribution in [2.75, 3.05) is 46.9 Å². The van der Waals surface area contributed by atoms with Crippen molar-refractivity contribution in [2.24, 2.45) is 10.4 Å². The number of nitrogens with zero attached hydrogens (tertiary/aromatic N) is 2. The highest BCUT2D eigenvalue weighted by Crippen LogP contribution is 2.38. The van der Waals surface area contributed by atoms with Gasteiger partial charge in [-0.1, -0.05) is 12.8 Å². The van der Waals surface area contributed by atoms with Crippen LogP contribution in [0.15, 0.2) is 4.99 Å². The van der Waals surface area contributed by atoms with Gasteiger partial charge in [-0.15, -0.1) is 0 Å². The van der Waals surface area contributed by atoms with Crippen molar-refractivity contribution in [3.63, 3.8) is 0 Å². The van der Waals surface area contributed by atoms with Crippen LogP contribution in [-0.4, -0.2) is 74.4 Å². The van der Waals surface area contributed by atoms with Gasteiger partial charge >= 0.3 is 0 Å². The number of aliphatic imine (C=N–C) groups is 1. The SMILES string of the molecule is CCNC(=NCC1(O)CCOCC1)NCC1(C(=O)N(C)C)CCCC1. The summed E-state index contributed by atoms with van der Waals surface area (Å²) in [6.45, 7) is 4.84. The van der Waals surface area contributed by atoms with Crippen LogP contribution in [-0.2, 0) is 9.53 Å². The van der Waals surface area contributed by atoms with Crippen LogP contribution in [0.1, 0.15) is 45.4 Å². The zero-order valence-electron chi connectivity index (χ0n) is 15.9. The van der Waals surface area contributed by atoms with Gasteiger partial charge in [0, 0.05) is 53.2 Å². The van der Waals surface area contributed by atoms with Gasteiger partial charge in [0.2, 0.25) is 5.91 Å². The van der Waals surface area contributed by atoms with Crippen LogP contribution >= 0.6 is 0 Å². The number of amides is 1. The molecular formula is C18H34N4O3. The number of nitrogens with one attached hydrogen (secondary N) is 2. The predicted octanol–water partition coefficient (Wildman–Crippen LogP) is 0.732. The molecule has 0 unspecified atom stereocenters. The molecule has 0 bridgehead atoms. The highest BCUT2D eigenvalue weighted by atomic mass is 16.5. The Hall–Kier alpha value is -1.34. The molecule has 25 heavy (non-hydrogen) atoms. The summed E-state index contributed by atoms with van der Waals surface area (Å²) in [6.07, 6.45) is 5.23. The first kappa shape index (κ1) is 20.0. The van der Waals surface area contributed by atoms with Gasteiger partial charge in [-0.05, 0) is 19.8 Å². The van der Waals surface area contributed by atoms with Crippen molar-refractivity contribution in [3.05, 3.63) is 0 Å². The van der Waals surface area contributed by atoms with Crippen molar-refractivity contribution in [1.29, 1.82) is 0 Å². The summed E-state index contributed by atoms with van der Waals surface area (Å²) in [5.74, 6) is 0.858. The Morgan fingerprint density at radius 1 is 1.16 bits per heavy atom. The second kappa shape index (κ2) is 8.85. The Labute approximate surface area is 151 Å². The molecule has 1 saturated heterocycles. The van der Waals surface area contributed by atoms with Crippen molar-refractivity contribution >= 4 is 11.9 Å². The topological polar surface area (TPSA) is 86.2 Å². The first-order chi connectivity index (χ1) is 11.9. The van der Waals surface area contributed by atoms with Gasteiger partial charge in [-0.2, -0.15) is 0 Å². The van der Waals surface area contributed by atoms with E-state index in [1.807, 2.05) is 21.0 Å². The summed E-state index contributed by atoms with van der Waals surface area (Å²) >= 11 is 0. The molecule has 0 spiro atoms. The highest BCUT2D eigenvalue weighted by Gasteiger charge is 2.42. The van der Waals surface area contributed by atoms with Gasteiger partial charge in [0.1, 0.15) is 0 Å². The highest BCUT2D eigenvalue weighted by molar-refractivity contribution is 5.85. The first-order valence-corrected chi connectivity index (χ1v) is 9.45. The minimum atomic E-state index is -0.787. The molecule has 0 aromatic carbocycles. The molecule has 0 aromatic heterocycles. The number of hydrogen-bond acceptors (Lipinski definition) is 4. The zero-order valence-corrected chi connectivity index (χ0v) is 15.9. The van der Waals surface area contributed by atoms with Crippen molar-refractivity contribution in [1.82, 2.24) is 15.5 Å². The maximum Gasteiger partial charge on any atom is 0.230 e. The summed E-state index contributed by atoms with van der Waals surface area (Å²) in [5.41, 5.74) is -1.12. The molecule has 0 radical (unpaired) electrons. The Kier molecular flexibility index (Phi) is 7.07. The predicted molar refractivity (Wildman–Crippen MR) is 98.6 cm³/mol. The van der Waals surface area contributed by atoms with Crippen LogP contribution in [0.5, 0.6) is 0 Å². The van der Waals surface area contributed by atoms with Gasteiger partial charge in [0.05, 0.1) is 17.6 Å². The molecular weight excluding hydrogens is 320 g/mol. The van der Waals surface area contributed by atoms with E-state index in [1.165, 1.54) is 0 Å². The van der Waals surface area contributed by atoms with Crippen LogP contribution in [0, 0.1) is 5.41 Å². The Balaban J connectivity index is 1.99. The molecule has 1 saturated carbocycles. The average Bonchev–Trinajstić information content (AvgIpc) is 3.07. The number of guanidine groups is 1. The van der Waals surface area contributed by atoms with E-state index in [9.17, 15) is 9.90 Å². The summed E-state index contributed by atoms with van der Waals surface area (Å²) in [5, 5.41) is 17.1.